The number of aromatic hydroxyl groups is 1. The number of nitrogens with zero attached hydrogens (tertiary/aromatic N) is 1. The molecule has 1 aliphatic heterocycles. The average molecular weight is 245 g/mol. The zero-order chi connectivity index (χ0) is 12.5. The Morgan fingerprint density at radius 3 is 3.06 bits per heavy atom. The molecule has 0 radical (unpaired) electrons. The fraction of sp³-hybridized carbons (Fsp3) is 0.625. The Morgan fingerprint density at radius 1 is 1.33 bits per heavy atom. The summed E-state index contributed by atoms with van der Waals surface area (Å²) in [5, 5.41) is 10.0. The van der Waals surface area contributed by atoms with E-state index in [2.05, 4.69) is 17.9 Å². The molecule has 0 bridgehead atoms. The third kappa shape index (κ3) is 2.03. The maximum absolute atomic E-state index is 10.0. The molecule has 1 saturated heterocycles. The van der Waals surface area contributed by atoms with E-state index in [9.17, 15) is 5.11 Å². The lowest BCUT2D eigenvalue weighted by Gasteiger charge is -2.44. The lowest BCUT2D eigenvalue weighted by molar-refractivity contribution is 0.0848. The van der Waals surface area contributed by atoms with Crippen molar-refractivity contribution in [3.63, 3.8) is 0 Å². The van der Waals surface area contributed by atoms with E-state index < -0.39 is 0 Å². The summed E-state index contributed by atoms with van der Waals surface area (Å²) in [6.45, 7) is 4.72. The second-order valence-corrected chi connectivity index (χ2v) is 5.83. The van der Waals surface area contributed by atoms with Crippen LogP contribution in [-0.2, 0) is 12.8 Å². The van der Waals surface area contributed by atoms with Gasteiger partial charge in [0.15, 0.2) is 0 Å². The van der Waals surface area contributed by atoms with E-state index in [1.165, 1.54) is 43.5 Å². The van der Waals surface area contributed by atoms with Crippen LogP contribution in [0.1, 0.15) is 37.3 Å². The smallest absolute Gasteiger partial charge is 0.119 e. The number of rotatable bonds is 2. The van der Waals surface area contributed by atoms with Gasteiger partial charge < -0.3 is 5.11 Å². The molecule has 2 nitrogen and oxygen atoms in total. The first kappa shape index (κ1) is 12.0. The van der Waals surface area contributed by atoms with E-state index in [1.807, 2.05) is 12.1 Å². The highest BCUT2D eigenvalue weighted by Crippen LogP contribution is 2.38. The Labute approximate surface area is 110 Å². The highest BCUT2D eigenvalue weighted by atomic mass is 16.3. The lowest BCUT2D eigenvalue weighted by atomic mass is 9.75. The molecule has 2 heteroatoms. The summed E-state index contributed by atoms with van der Waals surface area (Å²) in [4.78, 5) is 2.66. The molecule has 1 fully saturated rings. The second-order valence-electron chi connectivity index (χ2n) is 5.83. The van der Waals surface area contributed by atoms with Gasteiger partial charge in [0.1, 0.15) is 5.75 Å². The Kier molecular flexibility index (Phi) is 3.29. The molecule has 3 rings (SSSR count). The van der Waals surface area contributed by atoms with Gasteiger partial charge in [-0.15, -0.1) is 0 Å². The minimum Gasteiger partial charge on any atom is -0.508 e. The molecular formula is C16H23NO. The molecule has 1 N–H and O–H groups in total. The summed E-state index contributed by atoms with van der Waals surface area (Å²) in [5.41, 5.74) is 2.59. The zero-order valence-corrected chi connectivity index (χ0v) is 11.2. The molecule has 0 spiro atoms. The van der Waals surface area contributed by atoms with Crippen LogP contribution in [0.15, 0.2) is 18.2 Å². The molecule has 0 saturated carbocycles. The quantitative estimate of drug-likeness (QED) is 0.866. The standard InChI is InChI=1S/C16H23NO/c1-2-8-17-9-4-6-13-10-12-5-3-7-16(18)14(12)11-15(13)17/h3,5,7,13,15,18H,2,4,6,8-11H2,1H3/t13-,15-/m1/s1. The molecular weight excluding hydrogens is 222 g/mol. The fourth-order valence-electron chi connectivity index (χ4n) is 3.85. The van der Waals surface area contributed by atoms with Gasteiger partial charge >= 0.3 is 0 Å². The first-order valence-electron chi connectivity index (χ1n) is 7.33. The van der Waals surface area contributed by atoms with Gasteiger partial charge in [0, 0.05) is 6.04 Å². The van der Waals surface area contributed by atoms with Crippen LogP contribution in [0.4, 0.5) is 0 Å². The van der Waals surface area contributed by atoms with Crippen molar-refractivity contribution < 1.29 is 5.11 Å². The van der Waals surface area contributed by atoms with Crippen molar-refractivity contribution in [3.05, 3.63) is 29.3 Å². The molecule has 98 valence electrons. The number of likely N-dealkylation sites (tertiary alicyclic amines) is 1. The first-order valence-corrected chi connectivity index (χ1v) is 7.33. The van der Waals surface area contributed by atoms with Gasteiger partial charge in [-0.2, -0.15) is 0 Å². The minimum absolute atomic E-state index is 0.507. The van der Waals surface area contributed by atoms with Gasteiger partial charge in [-0.25, -0.2) is 0 Å². The van der Waals surface area contributed by atoms with Crippen LogP contribution in [0.5, 0.6) is 5.75 Å². The topological polar surface area (TPSA) is 23.5 Å². The van der Waals surface area contributed by atoms with E-state index >= 15 is 0 Å². The van der Waals surface area contributed by atoms with Gasteiger partial charge in [-0.05, 0) is 68.3 Å². The third-order valence-electron chi connectivity index (χ3n) is 4.69. The predicted octanol–water partition coefficient (Wildman–Crippen LogP) is 2.98. The highest BCUT2D eigenvalue weighted by Gasteiger charge is 2.35. The Balaban J connectivity index is 1.88. The number of hydrogen-bond donors (Lipinski definition) is 1. The Hall–Kier alpha value is -1.02. The third-order valence-corrected chi connectivity index (χ3v) is 4.69. The van der Waals surface area contributed by atoms with Crippen LogP contribution in [0, 0.1) is 5.92 Å². The molecule has 1 aromatic rings. The molecule has 1 aromatic carbocycles. The summed E-state index contributed by atoms with van der Waals surface area (Å²) in [6, 6.07) is 6.69. The number of phenolic OH excluding ortho intramolecular Hbond substituents is 1. The Morgan fingerprint density at radius 2 is 2.22 bits per heavy atom. The van der Waals surface area contributed by atoms with Crippen molar-refractivity contribution >= 4 is 0 Å². The number of benzene rings is 1. The van der Waals surface area contributed by atoms with Crippen molar-refractivity contribution in [1.82, 2.24) is 4.90 Å². The molecule has 2 atom stereocenters. The minimum atomic E-state index is 0.507. The van der Waals surface area contributed by atoms with Gasteiger partial charge in [0.05, 0.1) is 0 Å². The molecule has 1 heterocycles. The van der Waals surface area contributed by atoms with Crippen molar-refractivity contribution in [2.75, 3.05) is 13.1 Å². The molecule has 0 aromatic heterocycles. The van der Waals surface area contributed by atoms with Crippen molar-refractivity contribution in [3.8, 4) is 5.75 Å². The normalized spacial score (nSPS) is 27.6. The monoisotopic (exact) mass is 245 g/mol. The van der Waals surface area contributed by atoms with Crippen molar-refractivity contribution in [2.24, 2.45) is 5.92 Å². The fourth-order valence-corrected chi connectivity index (χ4v) is 3.85. The van der Waals surface area contributed by atoms with E-state index in [-0.39, 0.29) is 0 Å². The van der Waals surface area contributed by atoms with Crippen molar-refractivity contribution in [1.29, 1.82) is 0 Å². The Bertz CT molecular complexity index is 427. The van der Waals surface area contributed by atoms with E-state index in [0.29, 0.717) is 11.8 Å². The maximum Gasteiger partial charge on any atom is 0.119 e. The first-order chi connectivity index (χ1) is 8.79. The second kappa shape index (κ2) is 4.93. The average Bonchev–Trinajstić information content (AvgIpc) is 2.38. The van der Waals surface area contributed by atoms with Crippen LogP contribution in [0.3, 0.4) is 0 Å². The van der Waals surface area contributed by atoms with E-state index in [1.54, 1.807) is 0 Å². The van der Waals surface area contributed by atoms with Crippen LogP contribution in [0.2, 0.25) is 0 Å². The van der Waals surface area contributed by atoms with E-state index in [4.69, 9.17) is 0 Å². The number of fused-ring (bicyclic) bond motifs is 2. The molecule has 18 heavy (non-hydrogen) atoms. The number of phenols is 1. The van der Waals surface area contributed by atoms with Gasteiger partial charge in [0.25, 0.3) is 0 Å². The van der Waals surface area contributed by atoms with E-state index in [0.717, 1.165) is 18.8 Å². The van der Waals surface area contributed by atoms with Gasteiger partial charge in [-0.1, -0.05) is 19.1 Å². The molecule has 0 unspecified atom stereocenters. The highest BCUT2D eigenvalue weighted by molar-refractivity contribution is 5.42. The predicted molar refractivity (Wildman–Crippen MR) is 73.9 cm³/mol. The maximum atomic E-state index is 10.0. The summed E-state index contributed by atoms with van der Waals surface area (Å²) in [6.07, 6.45) is 6.15. The van der Waals surface area contributed by atoms with Crippen LogP contribution >= 0.6 is 0 Å². The summed E-state index contributed by atoms with van der Waals surface area (Å²) in [5.74, 6) is 1.31. The number of piperidine rings is 1. The van der Waals surface area contributed by atoms with Crippen molar-refractivity contribution in [2.45, 2.75) is 45.1 Å². The molecule has 2 aliphatic rings. The largest absolute Gasteiger partial charge is 0.508 e. The molecule has 1 aliphatic carbocycles. The van der Waals surface area contributed by atoms with Crippen LogP contribution < -0.4 is 0 Å². The molecule has 0 amide bonds. The summed E-state index contributed by atoms with van der Waals surface area (Å²) in [7, 11) is 0. The SMILES string of the molecule is CCCN1CCC[C@@H]2Cc3cccc(O)c3C[C@H]21. The van der Waals surface area contributed by atoms with Gasteiger partial charge in [0.2, 0.25) is 0 Å². The summed E-state index contributed by atoms with van der Waals surface area (Å²) >= 11 is 0. The van der Waals surface area contributed by atoms with Crippen LogP contribution in [-0.4, -0.2) is 29.1 Å². The van der Waals surface area contributed by atoms with Gasteiger partial charge in [-0.3, -0.25) is 4.90 Å². The summed E-state index contributed by atoms with van der Waals surface area (Å²) < 4.78 is 0. The zero-order valence-electron chi connectivity index (χ0n) is 11.2. The van der Waals surface area contributed by atoms with Crippen LogP contribution in [0.25, 0.3) is 0 Å². The number of hydrogen-bond acceptors (Lipinski definition) is 2. The lowest BCUT2D eigenvalue weighted by Crippen LogP contribution is -2.49.